The molecule has 102 valence electrons. The van der Waals surface area contributed by atoms with Crippen molar-refractivity contribution >= 4 is 23.4 Å². The zero-order chi connectivity index (χ0) is 14.7. The number of carboxylic acid groups (broad SMARTS) is 1. The Hall–Kier alpha value is -2.20. The lowest BCUT2D eigenvalue weighted by atomic mass is 9.96. The second kappa shape index (κ2) is 5.84. The summed E-state index contributed by atoms with van der Waals surface area (Å²) >= 11 is 5.71. The number of aliphatic carboxylic acids is 1. The largest absolute Gasteiger partial charge is 0.481 e. The fourth-order valence-corrected chi connectivity index (χ4v) is 2.14. The lowest BCUT2D eigenvalue weighted by Crippen LogP contribution is -2.12. The van der Waals surface area contributed by atoms with Crippen molar-refractivity contribution < 1.29 is 19.1 Å². The quantitative estimate of drug-likeness (QED) is 0.879. The van der Waals surface area contributed by atoms with E-state index in [2.05, 4.69) is 0 Å². The lowest BCUT2D eigenvalue weighted by Gasteiger charge is -2.09. The molecule has 0 amide bonds. The number of carbonyl (C=O) groups excluding carboxylic acids is 1. The van der Waals surface area contributed by atoms with Gasteiger partial charge in [0.1, 0.15) is 5.82 Å². The average molecular weight is 293 g/mol. The third kappa shape index (κ3) is 3.03. The number of carboxylic acids is 1. The summed E-state index contributed by atoms with van der Waals surface area (Å²) in [6, 6.07) is 10.4. The molecule has 0 atom stereocenters. The predicted molar refractivity (Wildman–Crippen MR) is 72.6 cm³/mol. The normalized spacial score (nSPS) is 10.3. The molecule has 0 aliphatic rings. The van der Waals surface area contributed by atoms with Crippen LogP contribution in [0.15, 0.2) is 42.5 Å². The second-order valence-electron chi connectivity index (χ2n) is 4.19. The van der Waals surface area contributed by atoms with Crippen LogP contribution < -0.4 is 0 Å². The molecule has 0 fully saturated rings. The van der Waals surface area contributed by atoms with E-state index in [-0.39, 0.29) is 16.1 Å². The van der Waals surface area contributed by atoms with Crippen LogP contribution in [0.2, 0.25) is 5.02 Å². The molecule has 0 unspecified atom stereocenters. The second-order valence-corrected chi connectivity index (χ2v) is 4.62. The molecule has 1 N–H and O–H groups in total. The van der Waals surface area contributed by atoms with E-state index in [0.29, 0.717) is 5.56 Å². The van der Waals surface area contributed by atoms with Gasteiger partial charge in [-0.05, 0) is 17.7 Å². The van der Waals surface area contributed by atoms with Crippen LogP contribution in [0, 0.1) is 5.82 Å². The minimum absolute atomic E-state index is 0.0587. The molecule has 0 aromatic heterocycles. The Bertz CT molecular complexity index is 668. The Labute approximate surface area is 119 Å². The number of hydrogen-bond donors (Lipinski definition) is 1. The first-order valence-corrected chi connectivity index (χ1v) is 6.16. The van der Waals surface area contributed by atoms with Crippen LogP contribution >= 0.6 is 11.6 Å². The number of benzene rings is 2. The van der Waals surface area contributed by atoms with Crippen molar-refractivity contribution in [2.45, 2.75) is 6.42 Å². The van der Waals surface area contributed by atoms with Gasteiger partial charge in [-0.2, -0.15) is 0 Å². The standard InChI is InChI=1S/C15H10ClFO3/c16-11-6-10(7-13(18)19)14(12(17)8-11)15(20)9-4-2-1-3-5-9/h1-6,8H,7H2,(H,18,19). The SMILES string of the molecule is O=C(O)Cc1cc(Cl)cc(F)c1C(=O)c1ccccc1. The van der Waals surface area contributed by atoms with E-state index in [1.54, 1.807) is 30.3 Å². The van der Waals surface area contributed by atoms with E-state index >= 15 is 0 Å². The number of ketones is 1. The molecule has 0 bridgehead atoms. The predicted octanol–water partition coefficient (Wildman–Crippen LogP) is 3.34. The highest BCUT2D eigenvalue weighted by Gasteiger charge is 2.20. The van der Waals surface area contributed by atoms with Crippen molar-refractivity contribution in [3.05, 3.63) is 70.0 Å². The van der Waals surface area contributed by atoms with Gasteiger partial charge in [-0.1, -0.05) is 41.9 Å². The van der Waals surface area contributed by atoms with Crippen LogP contribution in [0.3, 0.4) is 0 Å². The maximum absolute atomic E-state index is 14.0. The molecular formula is C15H10ClFO3. The Morgan fingerprint density at radius 3 is 2.40 bits per heavy atom. The van der Waals surface area contributed by atoms with Gasteiger partial charge in [0.05, 0.1) is 12.0 Å². The summed E-state index contributed by atoms with van der Waals surface area (Å²) in [4.78, 5) is 23.1. The van der Waals surface area contributed by atoms with Crippen molar-refractivity contribution in [2.75, 3.05) is 0 Å². The van der Waals surface area contributed by atoms with E-state index in [4.69, 9.17) is 16.7 Å². The van der Waals surface area contributed by atoms with Gasteiger partial charge in [0.2, 0.25) is 0 Å². The van der Waals surface area contributed by atoms with Crippen molar-refractivity contribution in [2.24, 2.45) is 0 Å². The van der Waals surface area contributed by atoms with Crippen LogP contribution in [0.25, 0.3) is 0 Å². The monoisotopic (exact) mass is 292 g/mol. The smallest absolute Gasteiger partial charge is 0.307 e. The van der Waals surface area contributed by atoms with Gasteiger partial charge in [0.25, 0.3) is 0 Å². The van der Waals surface area contributed by atoms with Crippen molar-refractivity contribution in [1.82, 2.24) is 0 Å². The summed E-state index contributed by atoms with van der Waals surface area (Å²) in [6.07, 6.45) is -0.467. The molecule has 2 aromatic rings. The highest BCUT2D eigenvalue weighted by molar-refractivity contribution is 6.31. The molecule has 0 saturated carbocycles. The Kier molecular flexibility index (Phi) is 4.15. The van der Waals surface area contributed by atoms with Gasteiger partial charge < -0.3 is 5.11 Å². The van der Waals surface area contributed by atoms with Crippen LogP contribution in [0.4, 0.5) is 4.39 Å². The number of carbonyl (C=O) groups is 2. The first-order valence-electron chi connectivity index (χ1n) is 5.78. The molecule has 2 aromatic carbocycles. The molecule has 0 heterocycles. The zero-order valence-corrected chi connectivity index (χ0v) is 11.0. The summed E-state index contributed by atoms with van der Waals surface area (Å²) in [7, 11) is 0. The van der Waals surface area contributed by atoms with Gasteiger partial charge in [-0.3, -0.25) is 9.59 Å². The Morgan fingerprint density at radius 1 is 1.15 bits per heavy atom. The summed E-state index contributed by atoms with van der Waals surface area (Å²) in [5, 5.41) is 8.91. The third-order valence-electron chi connectivity index (χ3n) is 2.74. The Balaban J connectivity index is 2.55. The minimum Gasteiger partial charge on any atom is -0.481 e. The van der Waals surface area contributed by atoms with Crippen molar-refractivity contribution in [1.29, 1.82) is 0 Å². The van der Waals surface area contributed by atoms with Crippen LogP contribution in [-0.2, 0) is 11.2 Å². The molecule has 0 saturated heterocycles. The maximum atomic E-state index is 14.0. The molecule has 0 aliphatic heterocycles. The van der Waals surface area contributed by atoms with Gasteiger partial charge in [0.15, 0.2) is 5.78 Å². The van der Waals surface area contributed by atoms with Crippen LogP contribution in [-0.4, -0.2) is 16.9 Å². The molecule has 5 heteroatoms. The first kappa shape index (κ1) is 14.2. The maximum Gasteiger partial charge on any atom is 0.307 e. The van der Waals surface area contributed by atoms with E-state index in [0.717, 1.165) is 6.07 Å². The van der Waals surface area contributed by atoms with Crippen LogP contribution in [0.1, 0.15) is 21.5 Å². The van der Waals surface area contributed by atoms with Gasteiger partial charge in [0, 0.05) is 10.6 Å². The van der Waals surface area contributed by atoms with Gasteiger partial charge >= 0.3 is 5.97 Å². The molecule has 0 aliphatic carbocycles. The van der Waals surface area contributed by atoms with E-state index < -0.39 is 24.0 Å². The highest BCUT2D eigenvalue weighted by Crippen LogP contribution is 2.23. The number of halogens is 2. The average Bonchev–Trinajstić information content (AvgIpc) is 2.38. The zero-order valence-electron chi connectivity index (χ0n) is 10.3. The summed E-state index contributed by atoms with van der Waals surface area (Å²) < 4.78 is 14.0. The van der Waals surface area contributed by atoms with Gasteiger partial charge in [-0.25, -0.2) is 4.39 Å². The summed E-state index contributed by atoms with van der Waals surface area (Å²) in [5.41, 5.74) is 0.111. The Morgan fingerprint density at radius 2 is 1.80 bits per heavy atom. The van der Waals surface area contributed by atoms with E-state index in [1.807, 2.05) is 0 Å². The summed E-state index contributed by atoms with van der Waals surface area (Å²) in [6.45, 7) is 0. The van der Waals surface area contributed by atoms with Crippen molar-refractivity contribution in [3.8, 4) is 0 Å². The molecule has 0 spiro atoms. The van der Waals surface area contributed by atoms with Crippen molar-refractivity contribution in [3.63, 3.8) is 0 Å². The highest BCUT2D eigenvalue weighted by atomic mass is 35.5. The number of rotatable bonds is 4. The molecule has 0 radical (unpaired) electrons. The summed E-state index contributed by atoms with van der Waals surface area (Å²) in [5.74, 6) is -2.53. The number of hydrogen-bond acceptors (Lipinski definition) is 2. The molecule has 3 nitrogen and oxygen atoms in total. The molecule has 20 heavy (non-hydrogen) atoms. The first-order chi connectivity index (χ1) is 9.49. The minimum atomic E-state index is -1.16. The lowest BCUT2D eigenvalue weighted by molar-refractivity contribution is -0.136. The third-order valence-corrected chi connectivity index (χ3v) is 2.96. The molecular weight excluding hydrogens is 283 g/mol. The topological polar surface area (TPSA) is 54.4 Å². The van der Waals surface area contributed by atoms with E-state index in [1.165, 1.54) is 6.07 Å². The molecule has 2 rings (SSSR count). The fraction of sp³-hybridized carbons (Fsp3) is 0.0667. The van der Waals surface area contributed by atoms with Crippen LogP contribution in [0.5, 0.6) is 0 Å². The van der Waals surface area contributed by atoms with Gasteiger partial charge in [-0.15, -0.1) is 0 Å². The van der Waals surface area contributed by atoms with E-state index in [9.17, 15) is 14.0 Å². The fourth-order valence-electron chi connectivity index (χ4n) is 1.92.